The van der Waals surface area contributed by atoms with Gasteiger partial charge in [-0.1, -0.05) is 6.42 Å². The lowest BCUT2D eigenvalue weighted by molar-refractivity contribution is -0.127. The molecule has 1 amide bonds. The second-order valence-corrected chi connectivity index (χ2v) is 6.62. The second kappa shape index (κ2) is 7.42. The average molecular weight is 322 g/mol. The fourth-order valence-electron chi connectivity index (χ4n) is 3.18. The van der Waals surface area contributed by atoms with Gasteiger partial charge in [0.15, 0.2) is 0 Å². The number of β-amino-alcohol motifs (C(OH)–C–C–N with tert-alkyl or cyclic N) is 1. The molecule has 0 bridgehead atoms. The molecule has 1 saturated carbocycles. The Morgan fingerprint density at radius 3 is 2.91 bits per heavy atom. The normalized spacial score (nSPS) is 20.4. The van der Waals surface area contributed by atoms with Gasteiger partial charge in [0.2, 0.25) is 5.91 Å². The number of nitrogens with one attached hydrogen (secondary N) is 1. The van der Waals surface area contributed by atoms with Crippen LogP contribution in [0.1, 0.15) is 37.1 Å². The lowest BCUT2D eigenvalue weighted by Crippen LogP contribution is -2.34. The molecule has 128 valence electrons. The fraction of sp³-hybridized carbons (Fsp3) is 0.750. The molecule has 7 nitrogen and oxygen atoms in total. The third-order valence-electron chi connectivity index (χ3n) is 4.74. The Morgan fingerprint density at radius 1 is 1.39 bits per heavy atom. The van der Waals surface area contributed by atoms with Crippen LogP contribution < -0.4 is 5.32 Å². The predicted molar refractivity (Wildman–Crippen MR) is 84.4 cm³/mol. The minimum absolute atomic E-state index is 0.145. The molecular formula is C16H26N4O3. The van der Waals surface area contributed by atoms with Crippen LogP contribution in [0.3, 0.4) is 0 Å². The van der Waals surface area contributed by atoms with E-state index in [4.69, 9.17) is 5.11 Å². The summed E-state index contributed by atoms with van der Waals surface area (Å²) in [6.07, 6.45) is 3.43. The van der Waals surface area contributed by atoms with E-state index in [1.165, 1.54) is 0 Å². The zero-order valence-corrected chi connectivity index (χ0v) is 13.4. The monoisotopic (exact) mass is 322 g/mol. The van der Waals surface area contributed by atoms with Gasteiger partial charge in [0.25, 0.3) is 0 Å². The molecule has 0 radical (unpaired) electrons. The number of fused-ring (bicyclic) bond motifs is 1. The van der Waals surface area contributed by atoms with Crippen molar-refractivity contribution in [3.8, 4) is 0 Å². The van der Waals surface area contributed by atoms with E-state index in [0.29, 0.717) is 19.6 Å². The van der Waals surface area contributed by atoms with Crippen LogP contribution in [0.2, 0.25) is 0 Å². The lowest BCUT2D eigenvalue weighted by atomic mass is 9.85. The lowest BCUT2D eigenvalue weighted by Gasteiger charge is -2.23. The van der Waals surface area contributed by atoms with E-state index >= 15 is 0 Å². The van der Waals surface area contributed by atoms with Crippen LogP contribution in [0.4, 0.5) is 0 Å². The number of rotatable bonds is 6. The van der Waals surface area contributed by atoms with Crippen molar-refractivity contribution in [1.29, 1.82) is 0 Å². The molecule has 0 saturated heterocycles. The van der Waals surface area contributed by atoms with Crippen molar-refractivity contribution >= 4 is 5.91 Å². The smallest absolute Gasteiger partial charge is 0.223 e. The first-order chi connectivity index (χ1) is 11.2. The summed E-state index contributed by atoms with van der Waals surface area (Å²) in [7, 11) is 0. The van der Waals surface area contributed by atoms with Gasteiger partial charge in [0, 0.05) is 32.1 Å². The van der Waals surface area contributed by atoms with Gasteiger partial charge in [0.1, 0.15) is 0 Å². The van der Waals surface area contributed by atoms with Crippen LogP contribution in [-0.4, -0.2) is 56.6 Å². The van der Waals surface area contributed by atoms with E-state index in [1.807, 2.05) is 10.7 Å². The molecule has 23 heavy (non-hydrogen) atoms. The highest BCUT2D eigenvalue weighted by Crippen LogP contribution is 2.26. The van der Waals surface area contributed by atoms with Gasteiger partial charge in [-0.25, -0.2) is 0 Å². The highest BCUT2D eigenvalue weighted by atomic mass is 16.3. The van der Waals surface area contributed by atoms with Crippen molar-refractivity contribution in [3.05, 3.63) is 17.5 Å². The van der Waals surface area contributed by atoms with Gasteiger partial charge in [-0.15, -0.1) is 0 Å². The number of aliphatic hydroxyl groups excluding tert-OH is 2. The van der Waals surface area contributed by atoms with Gasteiger partial charge in [-0.3, -0.25) is 14.4 Å². The van der Waals surface area contributed by atoms with E-state index < -0.39 is 6.10 Å². The summed E-state index contributed by atoms with van der Waals surface area (Å²) in [4.78, 5) is 14.0. The quantitative estimate of drug-likeness (QED) is 0.678. The van der Waals surface area contributed by atoms with Gasteiger partial charge in [-0.2, -0.15) is 5.10 Å². The van der Waals surface area contributed by atoms with E-state index in [0.717, 1.165) is 50.2 Å². The van der Waals surface area contributed by atoms with Gasteiger partial charge >= 0.3 is 0 Å². The molecule has 1 atom stereocenters. The third-order valence-corrected chi connectivity index (χ3v) is 4.74. The van der Waals surface area contributed by atoms with Gasteiger partial charge in [0.05, 0.1) is 30.6 Å². The molecular weight excluding hydrogens is 296 g/mol. The molecule has 2 aliphatic rings. The summed E-state index contributed by atoms with van der Waals surface area (Å²) in [5.74, 6) is 0.345. The number of hydrogen-bond donors (Lipinski definition) is 3. The maximum Gasteiger partial charge on any atom is 0.223 e. The Morgan fingerprint density at radius 2 is 2.22 bits per heavy atom. The molecule has 3 rings (SSSR count). The van der Waals surface area contributed by atoms with Crippen LogP contribution >= 0.6 is 0 Å². The topological polar surface area (TPSA) is 90.6 Å². The zero-order chi connectivity index (χ0) is 16.2. The number of carbonyl (C=O) groups excluding carboxylic acids is 1. The number of carbonyl (C=O) groups is 1. The predicted octanol–water partition coefficient (Wildman–Crippen LogP) is -0.142. The van der Waals surface area contributed by atoms with Crippen LogP contribution in [0.25, 0.3) is 0 Å². The van der Waals surface area contributed by atoms with Crippen molar-refractivity contribution in [2.24, 2.45) is 5.92 Å². The standard InChI is InChI=1S/C16H26N4O3/c21-11-15(22)10-19-5-2-6-20-14(9-19)7-13(18-20)8-17-16(23)12-3-1-4-12/h7,12,15,21-22H,1-6,8-11H2,(H,17,23). The summed E-state index contributed by atoms with van der Waals surface area (Å²) in [6.45, 7) is 3.17. The molecule has 3 N–H and O–H groups in total. The van der Waals surface area contributed by atoms with E-state index in [1.54, 1.807) is 0 Å². The van der Waals surface area contributed by atoms with Crippen LogP contribution in [-0.2, 0) is 24.4 Å². The Balaban J connectivity index is 1.56. The first-order valence-electron chi connectivity index (χ1n) is 8.50. The zero-order valence-electron chi connectivity index (χ0n) is 13.4. The second-order valence-electron chi connectivity index (χ2n) is 6.62. The minimum Gasteiger partial charge on any atom is -0.394 e. The highest BCUT2D eigenvalue weighted by molar-refractivity contribution is 5.79. The van der Waals surface area contributed by atoms with Crippen molar-refractivity contribution in [2.45, 2.75) is 51.4 Å². The van der Waals surface area contributed by atoms with Crippen molar-refractivity contribution in [3.63, 3.8) is 0 Å². The van der Waals surface area contributed by atoms with Crippen molar-refractivity contribution in [1.82, 2.24) is 20.0 Å². The molecule has 1 aromatic rings. The summed E-state index contributed by atoms with van der Waals surface area (Å²) in [6, 6.07) is 2.03. The molecule has 0 aromatic carbocycles. The Kier molecular flexibility index (Phi) is 5.30. The van der Waals surface area contributed by atoms with E-state index in [9.17, 15) is 9.90 Å². The summed E-state index contributed by atoms with van der Waals surface area (Å²) >= 11 is 0. The van der Waals surface area contributed by atoms with Crippen LogP contribution in [0, 0.1) is 5.92 Å². The molecule has 1 aromatic heterocycles. The molecule has 1 fully saturated rings. The maximum absolute atomic E-state index is 11.9. The van der Waals surface area contributed by atoms with E-state index in [-0.39, 0.29) is 18.4 Å². The van der Waals surface area contributed by atoms with Gasteiger partial charge < -0.3 is 15.5 Å². The number of amides is 1. The largest absolute Gasteiger partial charge is 0.394 e. The molecule has 2 heterocycles. The van der Waals surface area contributed by atoms with E-state index in [2.05, 4.69) is 15.3 Å². The van der Waals surface area contributed by atoms with Crippen molar-refractivity contribution in [2.75, 3.05) is 19.7 Å². The first-order valence-corrected chi connectivity index (χ1v) is 8.50. The number of aromatic nitrogens is 2. The molecule has 1 aliphatic heterocycles. The average Bonchev–Trinajstić information content (AvgIpc) is 2.76. The maximum atomic E-state index is 11.9. The third kappa shape index (κ3) is 4.10. The van der Waals surface area contributed by atoms with Gasteiger partial charge in [-0.05, 0) is 25.3 Å². The summed E-state index contributed by atoms with van der Waals surface area (Å²) in [5, 5.41) is 26.2. The molecule has 1 unspecified atom stereocenters. The fourth-order valence-corrected chi connectivity index (χ4v) is 3.18. The minimum atomic E-state index is -0.703. The first kappa shape index (κ1) is 16.4. The summed E-state index contributed by atoms with van der Waals surface area (Å²) < 4.78 is 2.00. The SMILES string of the molecule is O=C(NCc1cc2n(n1)CCCN(CC(O)CO)C2)C1CCC1. The van der Waals surface area contributed by atoms with Crippen LogP contribution in [0.15, 0.2) is 6.07 Å². The molecule has 7 heteroatoms. The number of aryl methyl sites for hydroxylation is 1. The Bertz CT molecular complexity index is 541. The number of nitrogens with zero attached hydrogens (tertiary/aromatic N) is 3. The number of aliphatic hydroxyl groups is 2. The molecule has 0 spiro atoms. The Labute approximate surface area is 136 Å². The van der Waals surface area contributed by atoms with Crippen LogP contribution in [0.5, 0.6) is 0 Å². The van der Waals surface area contributed by atoms with Crippen molar-refractivity contribution < 1.29 is 15.0 Å². The summed E-state index contributed by atoms with van der Waals surface area (Å²) in [5.41, 5.74) is 1.98. The molecule has 1 aliphatic carbocycles. The number of hydrogen-bond acceptors (Lipinski definition) is 5. The Hall–Kier alpha value is -1.44. The highest BCUT2D eigenvalue weighted by Gasteiger charge is 2.25.